The fourth-order valence-corrected chi connectivity index (χ4v) is 1.78. The van der Waals surface area contributed by atoms with Crippen LogP contribution in [0.3, 0.4) is 0 Å². The van der Waals surface area contributed by atoms with Crippen LogP contribution in [-0.4, -0.2) is 19.8 Å². The van der Waals surface area contributed by atoms with E-state index in [-0.39, 0.29) is 5.82 Å². The Kier molecular flexibility index (Phi) is 4.77. The molecule has 0 spiro atoms. The van der Waals surface area contributed by atoms with Crippen LogP contribution < -0.4 is 5.32 Å². The predicted molar refractivity (Wildman–Crippen MR) is 66.7 cm³/mol. The van der Waals surface area contributed by atoms with Gasteiger partial charge in [-0.1, -0.05) is 11.6 Å². The van der Waals surface area contributed by atoms with E-state index in [4.69, 9.17) is 16.3 Å². The van der Waals surface area contributed by atoms with Gasteiger partial charge in [0.05, 0.1) is 6.61 Å². The van der Waals surface area contributed by atoms with E-state index in [1.54, 1.807) is 12.1 Å². The van der Waals surface area contributed by atoms with Crippen LogP contribution >= 0.6 is 11.6 Å². The van der Waals surface area contributed by atoms with Crippen molar-refractivity contribution in [2.45, 2.75) is 19.4 Å². The summed E-state index contributed by atoms with van der Waals surface area (Å²) in [6.45, 7) is 2.77. The topological polar surface area (TPSA) is 21.3 Å². The van der Waals surface area contributed by atoms with Crippen molar-refractivity contribution in [1.29, 1.82) is 0 Å². The molecule has 1 aromatic rings. The van der Waals surface area contributed by atoms with Crippen LogP contribution in [-0.2, 0) is 11.3 Å². The third kappa shape index (κ3) is 4.62. The Labute approximate surface area is 106 Å². The fraction of sp³-hybridized carbons (Fsp3) is 0.538. The van der Waals surface area contributed by atoms with Crippen molar-refractivity contribution in [2.75, 3.05) is 19.8 Å². The quantitative estimate of drug-likeness (QED) is 0.759. The van der Waals surface area contributed by atoms with Gasteiger partial charge in [-0.25, -0.2) is 4.39 Å². The average molecular weight is 258 g/mol. The summed E-state index contributed by atoms with van der Waals surface area (Å²) >= 11 is 5.80. The van der Waals surface area contributed by atoms with Crippen LogP contribution in [0.25, 0.3) is 0 Å². The Hall–Kier alpha value is -0.640. The van der Waals surface area contributed by atoms with Gasteiger partial charge in [0.15, 0.2) is 0 Å². The van der Waals surface area contributed by atoms with E-state index in [0.717, 1.165) is 19.1 Å². The zero-order chi connectivity index (χ0) is 12.1. The lowest BCUT2D eigenvalue weighted by Gasteiger charge is -2.07. The maximum atomic E-state index is 13.3. The smallest absolute Gasteiger partial charge is 0.127 e. The second-order valence-electron chi connectivity index (χ2n) is 4.43. The van der Waals surface area contributed by atoms with E-state index >= 15 is 0 Å². The molecule has 1 aromatic carbocycles. The molecule has 0 aliphatic heterocycles. The van der Waals surface area contributed by atoms with E-state index in [1.165, 1.54) is 18.9 Å². The Balaban J connectivity index is 1.61. The summed E-state index contributed by atoms with van der Waals surface area (Å²) in [4.78, 5) is 0. The molecule has 2 nitrogen and oxygen atoms in total. The zero-order valence-corrected chi connectivity index (χ0v) is 10.5. The first-order valence-electron chi connectivity index (χ1n) is 5.98. The molecule has 0 radical (unpaired) electrons. The molecule has 1 aliphatic carbocycles. The lowest BCUT2D eigenvalue weighted by molar-refractivity contribution is 0.126. The Morgan fingerprint density at radius 3 is 3.00 bits per heavy atom. The first-order valence-corrected chi connectivity index (χ1v) is 6.36. The van der Waals surface area contributed by atoms with Crippen LogP contribution in [0.1, 0.15) is 18.4 Å². The van der Waals surface area contributed by atoms with E-state index < -0.39 is 0 Å². The third-order valence-corrected chi connectivity index (χ3v) is 3.03. The molecule has 0 atom stereocenters. The Morgan fingerprint density at radius 1 is 1.41 bits per heavy atom. The molecule has 1 aliphatic rings. The number of benzene rings is 1. The van der Waals surface area contributed by atoms with E-state index in [0.29, 0.717) is 23.7 Å². The number of hydrogen-bond donors (Lipinski definition) is 1. The summed E-state index contributed by atoms with van der Waals surface area (Å²) in [7, 11) is 0. The standard InChI is InChI=1S/C13H17ClFNO/c14-12-3-4-13(15)11(7-12)8-16-5-6-17-9-10-1-2-10/h3-4,7,10,16H,1-2,5-6,8-9H2. The highest BCUT2D eigenvalue weighted by Crippen LogP contribution is 2.28. The molecule has 1 N–H and O–H groups in total. The first-order chi connectivity index (χ1) is 8.25. The van der Waals surface area contributed by atoms with E-state index in [2.05, 4.69) is 5.32 Å². The van der Waals surface area contributed by atoms with Gasteiger partial charge >= 0.3 is 0 Å². The lowest BCUT2D eigenvalue weighted by atomic mass is 10.2. The van der Waals surface area contributed by atoms with Gasteiger partial charge in [0.1, 0.15) is 5.82 Å². The minimum Gasteiger partial charge on any atom is -0.380 e. The largest absolute Gasteiger partial charge is 0.380 e. The van der Waals surface area contributed by atoms with Crippen LogP contribution in [0.5, 0.6) is 0 Å². The lowest BCUT2D eigenvalue weighted by Crippen LogP contribution is -2.20. The number of rotatable bonds is 7. The Bertz CT molecular complexity index is 368. The molecule has 94 valence electrons. The normalized spacial score (nSPS) is 15.2. The highest BCUT2D eigenvalue weighted by molar-refractivity contribution is 6.30. The molecule has 0 unspecified atom stereocenters. The molecule has 1 saturated carbocycles. The van der Waals surface area contributed by atoms with Gasteiger partial charge in [0, 0.05) is 30.3 Å². The summed E-state index contributed by atoms with van der Waals surface area (Å²) in [5, 5.41) is 3.70. The highest BCUT2D eigenvalue weighted by atomic mass is 35.5. The maximum absolute atomic E-state index is 13.3. The van der Waals surface area contributed by atoms with E-state index in [1.807, 2.05) is 0 Å². The van der Waals surface area contributed by atoms with E-state index in [9.17, 15) is 4.39 Å². The monoisotopic (exact) mass is 257 g/mol. The molecule has 0 aromatic heterocycles. The zero-order valence-electron chi connectivity index (χ0n) is 9.72. The Morgan fingerprint density at radius 2 is 2.24 bits per heavy atom. The maximum Gasteiger partial charge on any atom is 0.127 e. The molecular formula is C13H17ClFNO. The van der Waals surface area contributed by atoms with Gasteiger partial charge in [0.2, 0.25) is 0 Å². The second-order valence-corrected chi connectivity index (χ2v) is 4.87. The van der Waals surface area contributed by atoms with Gasteiger partial charge in [-0.2, -0.15) is 0 Å². The predicted octanol–water partition coefficient (Wildman–Crippen LogP) is 3.00. The number of hydrogen-bond acceptors (Lipinski definition) is 2. The van der Waals surface area contributed by atoms with Crippen molar-refractivity contribution in [3.63, 3.8) is 0 Å². The minimum absolute atomic E-state index is 0.221. The molecule has 0 heterocycles. The molecular weight excluding hydrogens is 241 g/mol. The summed E-state index contributed by atoms with van der Waals surface area (Å²) in [6, 6.07) is 4.59. The SMILES string of the molecule is Fc1ccc(Cl)cc1CNCCOCC1CC1. The summed E-state index contributed by atoms with van der Waals surface area (Å²) in [5.74, 6) is 0.571. The molecule has 0 saturated heterocycles. The molecule has 0 bridgehead atoms. The van der Waals surface area contributed by atoms with Crippen molar-refractivity contribution in [3.05, 3.63) is 34.6 Å². The van der Waals surface area contributed by atoms with Crippen molar-refractivity contribution in [2.24, 2.45) is 5.92 Å². The molecule has 4 heteroatoms. The van der Waals surface area contributed by atoms with Gasteiger partial charge in [-0.05, 0) is 37.0 Å². The molecule has 0 amide bonds. The molecule has 17 heavy (non-hydrogen) atoms. The average Bonchev–Trinajstić information content (AvgIpc) is 3.11. The van der Waals surface area contributed by atoms with Crippen LogP contribution in [0, 0.1) is 11.7 Å². The molecule has 1 fully saturated rings. The van der Waals surface area contributed by atoms with Crippen LogP contribution in [0.15, 0.2) is 18.2 Å². The summed E-state index contributed by atoms with van der Waals surface area (Å²) < 4.78 is 18.8. The number of nitrogens with one attached hydrogen (secondary N) is 1. The minimum atomic E-state index is -0.221. The first kappa shape index (κ1) is 12.8. The highest BCUT2D eigenvalue weighted by Gasteiger charge is 2.20. The second kappa shape index (κ2) is 6.34. The summed E-state index contributed by atoms with van der Waals surface area (Å²) in [5.41, 5.74) is 0.597. The fourth-order valence-electron chi connectivity index (χ4n) is 1.58. The van der Waals surface area contributed by atoms with Crippen LogP contribution in [0.2, 0.25) is 5.02 Å². The molecule has 2 rings (SSSR count). The van der Waals surface area contributed by atoms with Crippen molar-refractivity contribution in [3.8, 4) is 0 Å². The number of ether oxygens (including phenoxy) is 1. The van der Waals surface area contributed by atoms with Crippen molar-refractivity contribution in [1.82, 2.24) is 5.32 Å². The van der Waals surface area contributed by atoms with Gasteiger partial charge in [-0.3, -0.25) is 0 Å². The summed E-state index contributed by atoms with van der Waals surface area (Å²) in [6.07, 6.45) is 2.61. The van der Waals surface area contributed by atoms with Gasteiger partial charge in [-0.15, -0.1) is 0 Å². The third-order valence-electron chi connectivity index (χ3n) is 2.80. The number of halogens is 2. The van der Waals surface area contributed by atoms with Crippen molar-refractivity contribution >= 4 is 11.6 Å². The van der Waals surface area contributed by atoms with Crippen molar-refractivity contribution < 1.29 is 9.13 Å². The van der Waals surface area contributed by atoms with Gasteiger partial charge < -0.3 is 10.1 Å². The van der Waals surface area contributed by atoms with Gasteiger partial charge in [0.25, 0.3) is 0 Å². The van der Waals surface area contributed by atoms with Crippen LogP contribution in [0.4, 0.5) is 4.39 Å².